The molecule has 182 valence electrons. The molecule has 3 aromatic rings. The molecule has 3 saturated heterocycles. The molecular weight excluding hydrogens is 440 g/mol. The molecular formula is C27H32N6O2. The molecule has 2 amide bonds. The van der Waals surface area contributed by atoms with E-state index in [1.807, 2.05) is 29.1 Å². The third-order valence-electron chi connectivity index (χ3n) is 7.24. The quantitative estimate of drug-likeness (QED) is 0.492. The first-order chi connectivity index (χ1) is 17.1. The number of piperidine rings is 3. The van der Waals surface area contributed by atoms with Crippen molar-refractivity contribution in [2.75, 3.05) is 26.2 Å². The van der Waals surface area contributed by atoms with Crippen LogP contribution in [0.5, 0.6) is 0 Å². The van der Waals surface area contributed by atoms with Crippen LogP contribution in [0, 0.1) is 11.8 Å². The second-order valence-electron chi connectivity index (χ2n) is 9.58. The average molecular weight is 473 g/mol. The van der Waals surface area contributed by atoms with Gasteiger partial charge >= 0.3 is 0 Å². The van der Waals surface area contributed by atoms with Crippen molar-refractivity contribution in [2.24, 2.45) is 11.8 Å². The number of hydrogen-bond acceptors (Lipinski definition) is 5. The number of benzene rings is 2. The van der Waals surface area contributed by atoms with Gasteiger partial charge in [-0.2, -0.15) is 0 Å². The molecule has 1 aromatic heterocycles. The van der Waals surface area contributed by atoms with Crippen molar-refractivity contribution in [3.05, 3.63) is 60.8 Å². The van der Waals surface area contributed by atoms with E-state index in [0.29, 0.717) is 25.0 Å². The van der Waals surface area contributed by atoms with E-state index in [4.69, 9.17) is 0 Å². The highest BCUT2D eigenvalue weighted by atomic mass is 16.2. The summed E-state index contributed by atoms with van der Waals surface area (Å²) < 4.78 is 1.94. The third kappa shape index (κ3) is 5.43. The van der Waals surface area contributed by atoms with Gasteiger partial charge in [0.25, 0.3) is 0 Å². The summed E-state index contributed by atoms with van der Waals surface area (Å²) in [4.78, 5) is 26.1. The smallest absolute Gasteiger partial charge is 0.224 e. The number of nitrogens with one attached hydrogen (secondary N) is 2. The van der Waals surface area contributed by atoms with Crippen molar-refractivity contribution in [3.8, 4) is 22.4 Å². The lowest BCUT2D eigenvalue weighted by atomic mass is 9.75. The van der Waals surface area contributed by atoms with Crippen LogP contribution in [0.25, 0.3) is 22.4 Å². The minimum atomic E-state index is -0.0783. The van der Waals surface area contributed by atoms with E-state index in [0.717, 1.165) is 43.7 Å². The summed E-state index contributed by atoms with van der Waals surface area (Å²) in [7, 11) is 0. The minimum Gasteiger partial charge on any atom is -0.355 e. The largest absolute Gasteiger partial charge is 0.355 e. The maximum atomic E-state index is 12.7. The SMILES string of the molecule is CC(=O)NCCNC(=O)[C@@H]1CN2CC[C@H]1C[C@@H]2Cn1cc(-c2ccc(-c3ccccc3)cc2)nn1. The fourth-order valence-corrected chi connectivity index (χ4v) is 5.38. The third-order valence-corrected chi connectivity index (χ3v) is 7.24. The van der Waals surface area contributed by atoms with E-state index in [1.165, 1.54) is 18.1 Å². The standard InChI is InChI=1S/C27H32N6O2/c1-19(34)28-12-13-29-27(35)25-17-32-14-11-23(25)15-24(32)16-33-18-26(30-31-33)22-9-7-21(8-10-22)20-5-3-2-4-6-20/h2-10,18,23-25H,11-17H2,1H3,(H,28,34)(H,29,35)/t23-,24+,25+/m0/s1. The summed E-state index contributed by atoms with van der Waals surface area (Å²) in [6.07, 6.45) is 4.06. The van der Waals surface area contributed by atoms with Crippen molar-refractivity contribution >= 4 is 11.8 Å². The molecule has 2 aromatic carbocycles. The molecule has 4 atom stereocenters. The molecule has 2 bridgehead atoms. The number of carbonyl (C=O) groups excluding carboxylic acids is 2. The molecule has 3 fully saturated rings. The number of nitrogens with zero attached hydrogens (tertiary/aromatic N) is 4. The Labute approximate surface area is 205 Å². The van der Waals surface area contributed by atoms with Crippen LogP contribution in [0.4, 0.5) is 0 Å². The zero-order chi connectivity index (χ0) is 24.2. The molecule has 0 spiro atoms. The van der Waals surface area contributed by atoms with Gasteiger partial charge in [-0.25, -0.2) is 0 Å². The first-order valence-electron chi connectivity index (χ1n) is 12.4. The van der Waals surface area contributed by atoms with Gasteiger partial charge in [0.1, 0.15) is 5.69 Å². The minimum absolute atomic E-state index is 0.0202. The lowest BCUT2D eigenvalue weighted by Crippen LogP contribution is -2.58. The van der Waals surface area contributed by atoms with Gasteiger partial charge in [-0.05, 0) is 36.4 Å². The summed E-state index contributed by atoms with van der Waals surface area (Å²) in [5, 5.41) is 14.5. The van der Waals surface area contributed by atoms with Crippen LogP contribution in [-0.2, 0) is 16.1 Å². The Morgan fingerprint density at radius 1 is 0.971 bits per heavy atom. The summed E-state index contributed by atoms with van der Waals surface area (Å²) in [6.45, 7) is 5.00. The predicted octanol–water partition coefficient (Wildman–Crippen LogP) is 2.57. The van der Waals surface area contributed by atoms with Crippen molar-refractivity contribution in [2.45, 2.75) is 32.4 Å². The number of fused-ring (bicyclic) bond motifs is 3. The summed E-state index contributed by atoms with van der Waals surface area (Å²) in [6, 6.07) is 19.1. The van der Waals surface area contributed by atoms with Crippen LogP contribution >= 0.6 is 0 Å². The Balaban J connectivity index is 1.16. The molecule has 0 saturated carbocycles. The van der Waals surface area contributed by atoms with E-state index in [2.05, 4.69) is 62.2 Å². The highest BCUT2D eigenvalue weighted by Crippen LogP contribution is 2.37. The fraction of sp³-hybridized carbons (Fsp3) is 0.407. The van der Waals surface area contributed by atoms with Gasteiger partial charge in [-0.15, -0.1) is 5.10 Å². The van der Waals surface area contributed by atoms with Gasteiger partial charge < -0.3 is 10.6 Å². The van der Waals surface area contributed by atoms with Crippen molar-refractivity contribution in [1.82, 2.24) is 30.5 Å². The second kappa shape index (κ2) is 10.4. The van der Waals surface area contributed by atoms with Gasteiger partial charge in [0, 0.05) is 38.2 Å². The normalized spacial score (nSPS) is 23.1. The zero-order valence-corrected chi connectivity index (χ0v) is 20.1. The van der Waals surface area contributed by atoms with Crippen LogP contribution in [0.3, 0.4) is 0 Å². The Hall–Kier alpha value is -3.52. The highest BCUT2D eigenvalue weighted by molar-refractivity contribution is 5.79. The summed E-state index contributed by atoms with van der Waals surface area (Å²) >= 11 is 0. The molecule has 8 heteroatoms. The first kappa shape index (κ1) is 23.2. The Morgan fingerprint density at radius 3 is 2.40 bits per heavy atom. The molecule has 35 heavy (non-hydrogen) atoms. The first-order valence-corrected chi connectivity index (χ1v) is 12.4. The number of amides is 2. The van der Waals surface area contributed by atoms with E-state index >= 15 is 0 Å². The van der Waals surface area contributed by atoms with E-state index < -0.39 is 0 Å². The van der Waals surface area contributed by atoms with Gasteiger partial charge in [0.05, 0.1) is 18.7 Å². The molecule has 6 rings (SSSR count). The monoisotopic (exact) mass is 472 g/mol. The maximum absolute atomic E-state index is 12.7. The Morgan fingerprint density at radius 2 is 1.69 bits per heavy atom. The average Bonchev–Trinajstić information content (AvgIpc) is 3.36. The van der Waals surface area contributed by atoms with Gasteiger partial charge in [-0.3, -0.25) is 19.2 Å². The number of hydrogen-bond donors (Lipinski definition) is 2. The van der Waals surface area contributed by atoms with E-state index in [1.54, 1.807) is 0 Å². The maximum Gasteiger partial charge on any atom is 0.224 e. The predicted molar refractivity (Wildman–Crippen MR) is 134 cm³/mol. The molecule has 2 N–H and O–H groups in total. The molecule has 3 aliphatic rings. The summed E-state index contributed by atoms with van der Waals surface area (Å²) in [5.74, 6) is 0.432. The van der Waals surface area contributed by atoms with E-state index in [9.17, 15) is 9.59 Å². The topological polar surface area (TPSA) is 92.2 Å². The van der Waals surface area contributed by atoms with Gasteiger partial charge in [0.15, 0.2) is 0 Å². The lowest BCUT2D eigenvalue weighted by molar-refractivity contribution is -0.133. The Bertz CT molecular complexity index is 1160. The second-order valence-corrected chi connectivity index (χ2v) is 9.58. The van der Waals surface area contributed by atoms with Crippen molar-refractivity contribution in [3.63, 3.8) is 0 Å². The summed E-state index contributed by atoms with van der Waals surface area (Å²) in [5.41, 5.74) is 4.31. The van der Waals surface area contributed by atoms with Crippen LogP contribution in [0.2, 0.25) is 0 Å². The fourth-order valence-electron chi connectivity index (χ4n) is 5.38. The Kier molecular flexibility index (Phi) is 6.90. The van der Waals surface area contributed by atoms with Crippen LogP contribution in [0.15, 0.2) is 60.8 Å². The van der Waals surface area contributed by atoms with E-state index in [-0.39, 0.29) is 17.7 Å². The van der Waals surface area contributed by atoms with Gasteiger partial charge in [0.2, 0.25) is 11.8 Å². The van der Waals surface area contributed by atoms with Crippen LogP contribution in [-0.4, -0.2) is 63.9 Å². The molecule has 4 heterocycles. The highest BCUT2D eigenvalue weighted by Gasteiger charge is 2.43. The number of rotatable bonds is 8. The number of aromatic nitrogens is 3. The van der Waals surface area contributed by atoms with Crippen molar-refractivity contribution < 1.29 is 9.59 Å². The number of carbonyl (C=O) groups is 2. The molecule has 0 radical (unpaired) electrons. The molecule has 0 aliphatic carbocycles. The lowest BCUT2D eigenvalue weighted by Gasteiger charge is -2.49. The van der Waals surface area contributed by atoms with Crippen LogP contribution < -0.4 is 10.6 Å². The molecule has 8 nitrogen and oxygen atoms in total. The molecule has 3 aliphatic heterocycles. The molecule has 1 unspecified atom stereocenters. The zero-order valence-electron chi connectivity index (χ0n) is 20.1. The van der Waals surface area contributed by atoms with Gasteiger partial charge in [-0.1, -0.05) is 59.8 Å². The van der Waals surface area contributed by atoms with Crippen molar-refractivity contribution in [1.29, 1.82) is 0 Å². The van der Waals surface area contributed by atoms with Crippen LogP contribution in [0.1, 0.15) is 19.8 Å².